The molecule has 2 aliphatic rings. The van der Waals surface area contributed by atoms with Gasteiger partial charge in [0.25, 0.3) is 0 Å². The van der Waals surface area contributed by atoms with Crippen molar-refractivity contribution in [2.24, 2.45) is 0 Å². The molecule has 6 nitrogen and oxygen atoms in total. The Morgan fingerprint density at radius 1 is 1.07 bits per heavy atom. The van der Waals surface area contributed by atoms with E-state index >= 15 is 0 Å². The van der Waals surface area contributed by atoms with Gasteiger partial charge in [0.1, 0.15) is 12.4 Å². The molecule has 0 bridgehead atoms. The molecule has 0 unspecified atom stereocenters. The Balaban J connectivity index is 1.39. The quantitative estimate of drug-likeness (QED) is 0.638. The lowest BCUT2D eigenvalue weighted by atomic mass is 9.98. The summed E-state index contributed by atoms with van der Waals surface area (Å²) in [6, 6.07) is 8.34. The lowest BCUT2D eigenvalue weighted by Crippen LogP contribution is -2.35. The maximum atomic E-state index is 12.5. The molecule has 0 radical (unpaired) electrons. The first-order valence-electron chi connectivity index (χ1n) is 11.3. The molecule has 1 amide bonds. The summed E-state index contributed by atoms with van der Waals surface area (Å²) >= 11 is 0. The van der Waals surface area contributed by atoms with E-state index in [-0.39, 0.29) is 12.7 Å². The summed E-state index contributed by atoms with van der Waals surface area (Å²) in [6.07, 6.45) is 12.5. The smallest absolute Gasteiger partial charge is 0.410 e. The monoisotopic (exact) mass is 411 g/mol. The topological polar surface area (TPSA) is 56.6 Å². The van der Waals surface area contributed by atoms with Gasteiger partial charge in [0, 0.05) is 13.1 Å². The maximum Gasteiger partial charge on any atom is 0.410 e. The van der Waals surface area contributed by atoms with Gasteiger partial charge >= 0.3 is 6.09 Å². The van der Waals surface area contributed by atoms with Crippen LogP contribution in [0.1, 0.15) is 69.0 Å². The van der Waals surface area contributed by atoms with Crippen molar-refractivity contribution >= 4 is 6.09 Å². The molecule has 0 N–H and O–H groups in total. The molecular formula is C24H33N3O3. The zero-order valence-electron chi connectivity index (χ0n) is 18.2. The van der Waals surface area contributed by atoms with Gasteiger partial charge in [0.05, 0.1) is 23.7 Å². The minimum atomic E-state index is -0.259. The highest BCUT2D eigenvalue weighted by molar-refractivity contribution is 5.67. The molecule has 30 heavy (non-hydrogen) atoms. The van der Waals surface area contributed by atoms with E-state index in [4.69, 9.17) is 9.47 Å². The van der Waals surface area contributed by atoms with Crippen molar-refractivity contribution in [2.75, 3.05) is 7.05 Å². The second-order valence-electron chi connectivity index (χ2n) is 8.66. The predicted molar refractivity (Wildman–Crippen MR) is 116 cm³/mol. The third-order valence-electron chi connectivity index (χ3n) is 6.51. The van der Waals surface area contributed by atoms with E-state index in [2.05, 4.69) is 5.10 Å². The third kappa shape index (κ3) is 4.79. The summed E-state index contributed by atoms with van der Waals surface area (Å²) in [7, 11) is 1.84. The summed E-state index contributed by atoms with van der Waals surface area (Å²) < 4.78 is 13.6. The number of aryl methyl sites for hydroxylation is 1. The van der Waals surface area contributed by atoms with E-state index in [1.165, 1.54) is 32.1 Å². The van der Waals surface area contributed by atoms with Crippen molar-refractivity contribution in [3.63, 3.8) is 0 Å². The summed E-state index contributed by atoms with van der Waals surface area (Å²) in [5.41, 5.74) is 2.84. The van der Waals surface area contributed by atoms with Crippen LogP contribution in [0.25, 0.3) is 5.69 Å². The van der Waals surface area contributed by atoms with Crippen LogP contribution in [0, 0.1) is 6.92 Å². The minimum absolute atomic E-state index is 0.210. The molecular weight excluding hydrogens is 378 g/mol. The fraction of sp³-hybridized carbons (Fsp3) is 0.583. The average Bonchev–Trinajstić information content (AvgIpc) is 3.43. The molecule has 162 valence electrons. The fourth-order valence-electron chi connectivity index (χ4n) is 4.57. The van der Waals surface area contributed by atoms with Gasteiger partial charge in [-0.1, -0.05) is 19.3 Å². The van der Waals surface area contributed by atoms with E-state index in [1.54, 1.807) is 4.90 Å². The molecule has 1 aromatic carbocycles. The lowest BCUT2D eigenvalue weighted by Gasteiger charge is -2.23. The van der Waals surface area contributed by atoms with Gasteiger partial charge < -0.3 is 14.4 Å². The van der Waals surface area contributed by atoms with Crippen LogP contribution in [0.15, 0.2) is 30.5 Å². The Kier molecular flexibility index (Phi) is 6.60. The van der Waals surface area contributed by atoms with Crippen LogP contribution in [0.3, 0.4) is 0 Å². The molecule has 1 aromatic heterocycles. The van der Waals surface area contributed by atoms with Crippen LogP contribution in [0.5, 0.6) is 5.75 Å². The van der Waals surface area contributed by atoms with E-state index in [0.29, 0.717) is 12.1 Å². The van der Waals surface area contributed by atoms with Crippen molar-refractivity contribution in [3.8, 4) is 11.4 Å². The van der Waals surface area contributed by atoms with Gasteiger partial charge in [-0.05, 0) is 75.3 Å². The molecule has 0 aliphatic heterocycles. The first kappa shape index (κ1) is 20.8. The average molecular weight is 412 g/mol. The molecule has 2 saturated carbocycles. The lowest BCUT2D eigenvalue weighted by molar-refractivity contribution is 0.0900. The van der Waals surface area contributed by atoms with Crippen LogP contribution in [-0.2, 0) is 11.3 Å². The molecule has 6 heteroatoms. The van der Waals surface area contributed by atoms with E-state index in [0.717, 1.165) is 48.4 Å². The minimum Gasteiger partial charge on any atom is -0.490 e. The van der Waals surface area contributed by atoms with Crippen molar-refractivity contribution in [2.45, 2.75) is 83.5 Å². The Morgan fingerprint density at radius 3 is 2.43 bits per heavy atom. The highest BCUT2D eigenvalue weighted by Gasteiger charge is 2.25. The third-order valence-corrected chi connectivity index (χ3v) is 6.51. The van der Waals surface area contributed by atoms with E-state index in [1.807, 2.05) is 49.1 Å². The zero-order valence-corrected chi connectivity index (χ0v) is 18.2. The number of hydrogen-bond acceptors (Lipinski definition) is 4. The summed E-state index contributed by atoms with van der Waals surface area (Å²) in [4.78, 5) is 14.2. The normalized spacial score (nSPS) is 17.8. The zero-order chi connectivity index (χ0) is 20.9. The number of carbonyl (C=O) groups excluding carboxylic acids is 1. The number of ether oxygens (including phenoxy) is 2. The fourth-order valence-corrected chi connectivity index (χ4v) is 4.57. The van der Waals surface area contributed by atoms with Gasteiger partial charge in [0.15, 0.2) is 0 Å². The second kappa shape index (κ2) is 9.54. The van der Waals surface area contributed by atoms with Gasteiger partial charge in [-0.2, -0.15) is 5.10 Å². The van der Waals surface area contributed by atoms with E-state index in [9.17, 15) is 4.79 Å². The second-order valence-corrected chi connectivity index (χ2v) is 8.66. The number of aromatic nitrogens is 2. The molecule has 0 spiro atoms. The Bertz CT molecular complexity index is 834. The molecule has 2 fully saturated rings. The number of carbonyl (C=O) groups is 1. The molecule has 4 rings (SSSR count). The highest BCUT2D eigenvalue weighted by Crippen LogP contribution is 2.26. The van der Waals surface area contributed by atoms with Crippen LogP contribution in [-0.4, -0.2) is 40.0 Å². The number of amides is 1. The highest BCUT2D eigenvalue weighted by atomic mass is 16.6. The van der Waals surface area contributed by atoms with E-state index < -0.39 is 0 Å². The molecule has 0 atom stereocenters. The first-order chi connectivity index (χ1) is 14.6. The standard InChI is InChI=1S/C24H33N3O3/c1-18-16-25-27(23(18)17-29-24(28)26(2)19-8-6-7-9-19)20-12-14-22(15-13-20)30-21-10-4-3-5-11-21/h12-16,19,21H,3-11,17H2,1-2H3. The van der Waals surface area contributed by atoms with Gasteiger partial charge in [-0.3, -0.25) is 0 Å². The molecule has 0 saturated heterocycles. The Hall–Kier alpha value is -2.50. The summed E-state index contributed by atoms with van der Waals surface area (Å²) in [5.74, 6) is 0.903. The van der Waals surface area contributed by atoms with Crippen molar-refractivity contribution < 1.29 is 14.3 Å². The first-order valence-corrected chi connectivity index (χ1v) is 11.3. The van der Waals surface area contributed by atoms with Crippen molar-refractivity contribution in [1.29, 1.82) is 0 Å². The molecule has 2 aliphatic carbocycles. The number of nitrogens with zero attached hydrogens (tertiary/aromatic N) is 3. The van der Waals surface area contributed by atoms with Crippen LogP contribution in [0.2, 0.25) is 0 Å². The van der Waals surface area contributed by atoms with Crippen molar-refractivity contribution in [1.82, 2.24) is 14.7 Å². The van der Waals surface area contributed by atoms with Gasteiger partial charge in [-0.15, -0.1) is 0 Å². The van der Waals surface area contributed by atoms with Crippen molar-refractivity contribution in [3.05, 3.63) is 41.7 Å². The maximum absolute atomic E-state index is 12.5. The van der Waals surface area contributed by atoms with Gasteiger partial charge in [0.2, 0.25) is 0 Å². The predicted octanol–water partition coefficient (Wildman–Crippen LogP) is 5.40. The Labute approximate surface area is 179 Å². The van der Waals surface area contributed by atoms with Crippen LogP contribution in [0.4, 0.5) is 4.79 Å². The summed E-state index contributed by atoms with van der Waals surface area (Å²) in [6.45, 7) is 2.20. The molecule has 2 aromatic rings. The Morgan fingerprint density at radius 2 is 1.73 bits per heavy atom. The van der Waals surface area contributed by atoms with Crippen LogP contribution >= 0.6 is 0 Å². The number of benzene rings is 1. The molecule has 1 heterocycles. The van der Waals surface area contributed by atoms with Crippen LogP contribution < -0.4 is 4.74 Å². The number of rotatable bonds is 6. The largest absolute Gasteiger partial charge is 0.490 e. The number of hydrogen-bond donors (Lipinski definition) is 0. The SMILES string of the molecule is Cc1cnn(-c2ccc(OC3CCCCC3)cc2)c1COC(=O)N(C)C1CCCC1. The van der Waals surface area contributed by atoms with Gasteiger partial charge in [-0.25, -0.2) is 9.48 Å². The summed E-state index contributed by atoms with van der Waals surface area (Å²) in [5, 5.41) is 4.50.